The second-order valence-corrected chi connectivity index (χ2v) is 3.32. The largest absolute Gasteiger partial charge is 0.507 e. The van der Waals surface area contributed by atoms with E-state index in [0.29, 0.717) is 12.0 Å². The van der Waals surface area contributed by atoms with E-state index in [-0.39, 0.29) is 11.3 Å². The lowest BCUT2D eigenvalue weighted by atomic mass is 10.1. The van der Waals surface area contributed by atoms with Gasteiger partial charge in [0.2, 0.25) is 0 Å². The Kier molecular flexibility index (Phi) is 2.11. The van der Waals surface area contributed by atoms with Gasteiger partial charge in [-0.05, 0) is 12.5 Å². The fraction of sp³-hybridized carbons (Fsp3) is 0.300. The summed E-state index contributed by atoms with van der Waals surface area (Å²) in [5.74, 6) is -0.955. The highest BCUT2D eigenvalue weighted by Crippen LogP contribution is 2.28. The minimum absolute atomic E-state index is 0.269. The number of phenols is 1. The highest BCUT2D eigenvalue weighted by Gasteiger charge is 2.18. The first kappa shape index (κ1) is 8.99. The van der Waals surface area contributed by atoms with Crippen LogP contribution in [0, 0.1) is 5.82 Å². The van der Waals surface area contributed by atoms with Gasteiger partial charge in [-0.25, -0.2) is 4.39 Å². The third-order valence-corrected chi connectivity index (χ3v) is 2.43. The monoisotopic (exact) mass is 195 g/mol. The maximum absolute atomic E-state index is 13.2. The molecule has 1 N–H and O–H groups in total. The van der Waals surface area contributed by atoms with E-state index >= 15 is 0 Å². The topological polar surface area (TPSA) is 40.5 Å². The predicted molar refractivity (Wildman–Crippen MR) is 50.3 cm³/mol. The van der Waals surface area contributed by atoms with E-state index in [1.165, 1.54) is 12.1 Å². The molecule has 0 unspecified atom stereocenters. The standard InChI is InChI=1S/C10H10FNO2/c11-9-4-7(12-2-1-3-12)5-10(14)8(9)6-13/h4-6,14H,1-3H2. The van der Waals surface area contributed by atoms with E-state index in [4.69, 9.17) is 0 Å². The number of phenolic OH excluding ortho intramolecular Hbond substituents is 1. The fourth-order valence-corrected chi connectivity index (χ4v) is 1.46. The zero-order valence-electron chi connectivity index (χ0n) is 7.53. The molecule has 14 heavy (non-hydrogen) atoms. The Morgan fingerprint density at radius 3 is 2.57 bits per heavy atom. The zero-order valence-corrected chi connectivity index (χ0v) is 7.53. The Labute approximate surface area is 80.8 Å². The van der Waals surface area contributed by atoms with Gasteiger partial charge in [0, 0.05) is 24.8 Å². The molecule has 1 aromatic rings. The van der Waals surface area contributed by atoms with Crippen LogP contribution in [0.2, 0.25) is 0 Å². The van der Waals surface area contributed by atoms with E-state index in [9.17, 15) is 14.3 Å². The predicted octanol–water partition coefficient (Wildman–Crippen LogP) is 1.55. The third-order valence-electron chi connectivity index (χ3n) is 2.43. The first-order chi connectivity index (χ1) is 6.72. The van der Waals surface area contributed by atoms with Crippen LogP contribution in [-0.2, 0) is 0 Å². The van der Waals surface area contributed by atoms with Gasteiger partial charge in [-0.3, -0.25) is 4.79 Å². The molecule has 3 nitrogen and oxygen atoms in total. The molecule has 0 saturated carbocycles. The van der Waals surface area contributed by atoms with Gasteiger partial charge in [0.05, 0.1) is 5.56 Å². The molecule has 1 saturated heterocycles. The molecule has 0 bridgehead atoms. The number of hydrogen-bond acceptors (Lipinski definition) is 3. The number of halogens is 1. The Hall–Kier alpha value is -1.58. The lowest BCUT2D eigenvalue weighted by Crippen LogP contribution is -2.37. The summed E-state index contributed by atoms with van der Waals surface area (Å²) in [7, 11) is 0. The van der Waals surface area contributed by atoms with Crippen molar-refractivity contribution >= 4 is 12.0 Å². The minimum atomic E-state index is -0.665. The average molecular weight is 195 g/mol. The summed E-state index contributed by atoms with van der Waals surface area (Å²) in [6, 6.07) is 2.70. The van der Waals surface area contributed by atoms with Crippen LogP contribution in [0.4, 0.5) is 10.1 Å². The van der Waals surface area contributed by atoms with Crippen molar-refractivity contribution in [1.82, 2.24) is 0 Å². The van der Waals surface area contributed by atoms with Crippen molar-refractivity contribution in [3.63, 3.8) is 0 Å². The van der Waals surface area contributed by atoms with Crippen LogP contribution in [0.25, 0.3) is 0 Å². The summed E-state index contributed by atoms with van der Waals surface area (Å²) < 4.78 is 13.2. The van der Waals surface area contributed by atoms with Crippen LogP contribution in [0.5, 0.6) is 5.75 Å². The molecule has 2 rings (SSSR count). The molecule has 0 radical (unpaired) electrons. The Bertz CT molecular complexity index is 351. The first-order valence-corrected chi connectivity index (χ1v) is 4.45. The molecule has 1 heterocycles. The van der Waals surface area contributed by atoms with E-state index in [2.05, 4.69) is 0 Å². The van der Waals surface area contributed by atoms with Crippen molar-refractivity contribution in [2.75, 3.05) is 18.0 Å². The maximum atomic E-state index is 13.2. The van der Waals surface area contributed by atoms with Crippen molar-refractivity contribution in [2.45, 2.75) is 6.42 Å². The second kappa shape index (κ2) is 3.29. The van der Waals surface area contributed by atoms with Gasteiger partial charge in [-0.1, -0.05) is 0 Å². The molecule has 1 aromatic carbocycles. The Morgan fingerprint density at radius 2 is 2.14 bits per heavy atom. The number of aromatic hydroxyl groups is 1. The van der Waals surface area contributed by atoms with Crippen molar-refractivity contribution in [1.29, 1.82) is 0 Å². The van der Waals surface area contributed by atoms with Crippen molar-refractivity contribution in [3.8, 4) is 5.75 Å². The number of hydrogen-bond donors (Lipinski definition) is 1. The molecule has 0 amide bonds. The highest BCUT2D eigenvalue weighted by molar-refractivity contribution is 5.81. The van der Waals surface area contributed by atoms with Crippen LogP contribution in [0.3, 0.4) is 0 Å². The van der Waals surface area contributed by atoms with Crippen LogP contribution < -0.4 is 4.90 Å². The minimum Gasteiger partial charge on any atom is -0.507 e. The van der Waals surface area contributed by atoms with Gasteiger partial charge in [-0.2, -0.15) is 0 Å². The lowest BCUT2D eigenvalue weighted by molar-refractivity contribution is 0.111. The summed E-state index contributed by atoms with van der Waals surface area (Å²) in [6.45, 7) is 1.75. The van der Waals surface area contributed by atoms with E-state index < -0.39 is 5.82 Å². The molecule has 1 aliphatic rings. The van der Waals surface area contributed by atoms with E-state index in [1.54, 1.807) is 0 Å². The van der Waals surface area contributed by atoms with Gasteiger partial charge in [0.1, 0.15) is 11.6 Å². The Balaban J connectivity index is 2.40. The van der Waals surface area contributed by atoms with Gasteiger partial charge in [0.15, 0.2) is 6.29 Å². The molecule has 4 heteroatoms. The van der Waals surface area contributed by atoms with Gasteiger partial charge < -0.3 is 10.0 Å². The molecule has 0 atom stereocenters. The number of carbonyl (C=O) groups is 1. The molecule has 0 aliphatic carbocycles. The summed E-state index contributed by atoms with van der Waals surface area (Å²) in [5.41, 5.74) is 0.367. The number of anilines is 1. The number of nitrogens with zero attached hydrogens (tertiary/aromatic N) is 1. The molecule has 0 aromatic heterocycles. The van der Waals surface area contributed by atoms with Crippen molar-refractivity contribution < 1.29 is 14.3 Å². The van der Waals surface area contributed by atoms with Crippen LogP contribution >= 0.6 is 0 Å². The van der Waals surface area contributed by atoms with Gasteiger partial charge >= 0.3 is 0 Å². The van der Waals surface area contributed by atoms with Crippen LogP contribution in [0.15, 0.2) is 12.1 Å². The number of rotatable bonds is 2. The average Bonchev–Trinajstić information content (AvgIpc) is 2.00. The van der Waals surface area contributed by atoms with E-state index in [0.717, 1.165) is 19.5 Å². The molecular weight excluding hydrogens is 185 g/mol. The van der Waals surface area contributed by atoms with Crippen LogP contribution in [-0.4, -0.2) is 24.5 Å². The molecule has 0 spiro atoms. The first-order valence-electron chi connectivity index (χ1n) is 4.45. The Morgan fingerprint density at radius 1 is 1.43 bits per heavy atom. The molecule has 1 fully saturated rings. The fourth-order valence-electron chi connectivity index (χ4n) is 1.46. The second-order valence-electron chi connectivity index (χ2n) is 3.32. The number of carbonyl (C=O) groups excluding carboxylic acids is 1. The zero-order chi connectivity index (χ0) is 10.1. The summed E-state index contributed by atoms with van der Waals surface area (Å²) in [6.07, 6.45) is 1.41. The molecule has 1 aliphatic heterocycles. The smallest absolute Gasteiger partial charge is 0.156 e. The third kappa shape index (κ3) is 1.32. The van der Waals surface area contributed by atoms with Crippen LogP contribution in [0.1, 0.15) is 16.8 Å². The van der Waals surface area contributed by atoms with Crippen molar-refractivity contribution in [3.05, 3.63) is 23.5 Å². The summed E-state index contributed by atoms with van der Waals surface area (Å²) in [4.78, 5) is 12.3. The molecular formula is C10H10FNO2. The van der Waals surface area contributed by atoms with E-state index in [1.807, 2.05) is 4.90 Å². The van der Waals surface area contributed by atoms with Gasteiger partial charge in [-0.15, -0.1) is 0 Å². The molecule has 74 valence electrons. The van der Waals surface area contributed by atoms with Crippen molar-refractivity contribution in [2.24, 2.45) is 0 Å². The quantitative estimate of drug-likeness (QED) is 0.728. The summed E-state index contributed by atoms with van der Waals surface area (Å²) >= 11 is 0. The highest BCUT2D eigenvalue weighted by atomic mass is 19.1. The lowest BCUT2D eigenvalue weighted by Gasteiger charge is -2.33. The maximum Gasteiger partial charge on any atom is 0.156 e. The summed E-state index contributed by atoms with van der Waals surface area (Å²) in [5, 5.41) is 9.34. The SMILES string of the molecule is O=Cc1c(O)cc(N2CCC2)cc1F. The van der Waals surface area contributed by atoms with Gasteiger partial charge in [0.25, 0.3) is 0 Å². The normalized spacial score (nSPS) is 15.1. The number of benzene rings is 1. The number of aldehydes is 1.